The van der Waals surface area contributed by atoms with Crippen molar-refractivity contribution in [1.82, 2.24) is 4.57 Å². The first-order valence-electron chi connectivity index (χ1n) is 19.1. The summed E-state index contributed by atoms with van der Waals surface area (Å²) in [6.45, 7) is 16.1. The molecule has 6 rings (SSSR count). The van der Waals surface area contributed by atoms with Crippen LogP contribution in [0, 0.1) is 26.7 Å². The van der Waals surface area contributed by atoms with Crippen molar-refractivity contribution in [1.29, 1.82) is 0 Å². The molecular weight excluding hydrogens is 657 g/mol. The van der Waals surface area contributed by atoms with Crippen molar-refractivity contribution < 1.29 is 19.5 Å². The van der Waals surface area contributed by atoms with E-state index >= 15 is 0 Å². The van der Waals surface area contributed by atoms with E-state index in [1.165, 1.54) is 6.42 Å². The van der Waals surface area contributed by atoms with Crippen LogP contribution in [0.4, 0.5) is 0 Å². The van der Waals surface area contributed by atoms with Crippen LogP contribution in [0.5, 0.6) is 5.75 Å². The SMILES string of the molecule is CCCCC(CC)Cn1c2ccc(/C(=N\O)c3ccccc3OCCC(C)(C)OC)cc2c2cc(C(=O)c3c(C)cc(C)cc3C)c3ccccc3c21. The van der Waals surface area contributed by atoms with Gasteiger partial charge >= 0.3 is 0 Å². The third-order valence-electron chi connectivity index (χ3n) is 11.0. The van der Waals surface area contributed by atoms with E-state index in [0.717, 1.165) is 86.2 Å². The Morgan fingerprint density at radius 1 is 0.849 bits per heavy atom. The van der Waals surface area contributed by atoms with Crippen LogP contribution < -0.4 is 4.74 Å². The first-order valence-corrected chi connectivity index (χ1v) is 19.1. The van der Waals surface area contributed by atoms with Gasteiger partial charge in [-0.05, 0) is 93.8 Å². The minimum Gasteiger partial charge on any atom is -0.493 e. The average molecular weight is 711 g/mol. The lowest BCUT2D eigenvalue weighted by Crippen LogP contribution is -2.25. The maximum absolute atomic E-state index is 14.7. The number of fused-ring (bicyclic) bond motifs is 5. The number of aromatic nitrogens is 1. The summed E-state index contributed by atoms with van der Waals surface area (Å²) in [6.07, 6.45) is 5.29. The lowest BCUT2D eigenvalue weighted by Gasteiger charge is -2.23. The zero-order chi connectivity index (χ0) is 37.9. The number of para-hydroxylation sites is 1. The van der Waals surface area contributed by atoms with Gasteiger partial charge in [-0.15, -0.1) is 0 Å². The van der Waals surface area contributed by atoms with Gasteiger partial charge in [0.05, 0.1) is 17.7 Å². The molecule has 1 heterocycles. The highest BCUT2D eigenvalue weighted by Gasteiger charge is 2.25. The molecule has 0 saturated carbocycles. The predicted octanol–water partition coefficient (Wildman–Crippen LogP) is 11.7. The molecule has 5 aromatic carbocycles. The highest BCUT2D eigenvalue weighted by molar-refractivity contribution is 6.27. The lowest BCUT2D eigenvalue weighted by molar-refractivity contribution is 0.00543. The van der Waals surface area contributed by atoms with Crippen LogP contribution in [0.15, 0.2) is 90.1 Å². The Morgan fingerprint density at radius 3 is 2.23 bits per heavy atom. The Morgan fingerprint density at radius 2 is 1.55 bits per heavy atom. The monoisotopic (exact) mass is 710 g/mol. The number of unbranched alkanes of at least 4 members (excludes halogenated alkanes) is 1. The highest BCUT2D eigenvalue weighted by atomic mass is 16.5. The van der Waals surface area contributed by atoms with Crippen molar-refractivity contribution in [2.75, 3.05) is 13.7 Å². The van der Waals surface area contributed by atoms with E-state index in [2.05, 4.69) is 79.0 Å². The number of rotatable bonds is 15. The molecule has 53 heavy (non-hydrogen) atoms. The van der Waals surface area contributed by atoms with Gasteiger partial charge in [0.1, 0.15) is 11.5 Å². The minimum atomic E-state index is -0.323. The molecule has 276 valence electrons. The summed E-state index contributed by atoms with van der Waals surface area (Å²) in [6, 6.07) is 28.6. The molecule has 1 atom stereocenters. The average Bonchev–Trinajstić information content (AvgIpc) is 3.45. The Kier molecular flexibility index (Phi) is 11.4. The maximum Gasteiger partial charge on any atom is 0.194 e. The van der Waals surface area contributed by atoms with E-state index in [0.29, 0.717) is 41.5 Å². The van der Waals surface area contributed by atoms with Gasteiger partial charge < -0.3 is 19.2 Å². The molecular formula is C47H54N2O4. The molecule has 6 aromatic rings. The van der Waals surface area contributed by atoms with Crippen LogP contribution in [-0.2, 0) is 11.3 Å². The predicted molar refractivity (Wildman–Crippen MR) is 219 cm³/mol. The molecule has 0 spiro atoms. The largest absolute Gasteiger partial charge is 0.493 e. The number of aryl methyl sites for hydroxylation is 3. The molecule has 0 aliphatic rings. The lowest BCUT2D eigenvalue weighted by atomic mass is 9.89. The second-order valence-electron chi connectivity index (χ2n) is 15.2. The van der Waals surface area contributed by atoms with Gasteiger partial charge in [-0.1, -0.05) is 98.4 Å². The fourth-order valence-electron chi connectivity index (χ4n) is 7.90. The topological polar surface area (TPSA) is 73.1 Å². The maximum atomic E-state index is 14.7. The van der Waals surface area contributed by atoms with Gasteiger partial charge in [0.15, 0.2) is 5.78 Å². The number of carbonyl (C=O) groups is 1. The number of ether oxygens (including phenoxy) is 2. The summed E-state index contributed by atoms with van der Waals surface area (Å²) in [5.41, 5.74) is 8.36. The zero-order valence-corrected chi connectivity index (χ0v) is 32.7. The number of ketones is 1. The number of hydrogen-bond donors (Lipinski definition) is 1. The van der Waals surface area contributed by atoms with Gasteiger partial charge in [-0.3, -0.25) is 4.79 Å². The first kappa shape index (κ1) is 37.8. The quantitative estimate of drug-likeness (QED) is 0.0498. The van der Waals surface area contributed by atoms with Crippen LogP contribution in [0.25, 0.3) is 32.6 Å². The molecule has 1 unspecified atom stereocenters. The Hall–Kier alpha value is -4.94. The Labute approximate surface area is 314 Å². The number of methoxy groups -OCH3 is 1. The van der Waals surface area contributed by atoms with E-state index in [-0.39, 0.29) is 11.4 Å². The van der Waals surface area contributed by atoms with Crippen LogP contribution in [0.1, 0.15) is 104 Å². The van der Waals surface area contributed by atoms with Gasteiger partial charge in [-0.25, -0.2) is 0 Å². The second-order valence-corrected chi connectivity index (χ2v) is 15.2. The summed E-state index contributed by atoms with van der Waals surface area (Å²) in [4.78, 5) is 14.7. The molecule has 0 saturated heterocycles. The van der Waals surface area contributed by atoms with Crippen LogP contribution >= 0.6 is 0 Å². The summed E-state index contributed by atoms with van der Waals surface area (Å²) in [5, 5.41) is 18.5. The van der Waals surface area contributed by atoms with Crippen LogP contribution in [0.2, 0.25) is 0 Å². The van der Waals surface area contributed by atoms with E-state index in [4.69, 9.17) is 9.47 Å². The fraction of sp³-hybridized carbons (Fsp3) is 0.362. The van der Waals surface area contributed by atoms with Crippen molar-refractivity contribution in [3.05, 3.63) is 124 Å². The third kappa shape index (κ3) is 7.61. The number of benzene rings is 5. The molecule has 1 N–H and O–H groups in total. The molecule has 0 aliphatic carbocycles. The summed E-state index contributed by atoms with van der Waals surface area (Å²) >= 11 is 0. The zero-order valence-electron chi connectivity index (χ0n) is 32.7. The molecule has 0 radical (unpaired) electrons. The van der Waals surface area contributed by atoms with Crippen LogP contribution in [0.3, 0.4) is 0 Å². The van der Waals surface area contributed by atoms with Gasteiger partial charge in [0, 0.05) is 64.0 Å². The van der Waals surface area contributed by atoms with Crippen molar-refractivity contribution in [2.24, 2.45) is 11.1 Å². The fourth-order valence-corrected chi connectivity index (χ4v) is 7.90. The normalized spacial score (nSPS) is 12.9. The van der Waals surface area contributed by atoms with E-state index in [1.807, 2.05) is 64.1 Å². The molecule has 1 aromatic heterocycles. The number of nitrogens with zero attached hydrogens (tertiary/aromatic N) is 2. The van der Waals surface area contributed by atoms with Crippen molar-refractivity contribution in [3.8, 4) is 5.75 Å². The smallest absolute Gasteiger partial charge is 0.194 e. The van der Waals surface area contributed by atoms with Crippen molar-refractivity contribution >= 4 is 44.1 Å². The van der Waals surface area contributed by atoms with E-state index in [1.54, 1.807) is 7.11 Å². The Balaban J connectivity index is 1.57. The van der Waals surface area contributed by atoms with Gasteiger partial charge in [0.2, 0.25) is 0 Å². The molecule has 0 bridgehead atoms. The summed E-state index contributed by atoms with van der Waals surface area (Å²) < 4.78 is 14.3. The number of hydrogen-bond acceptors (Lipinski definition) is 5. The number of carbonyl (C=O) groups excluding carboxylic acids is 1. The third-order valence-corrected chi connectivity index (χ3v) is 11.0. The van der Waals surface area contributed by atoms with Crippen molar-refractivity contribution in [3.63, 3.8) is 0 Å². The molecule has 6 nitrogen and oxygen atoms in total. The van der Waals surface area contributed by atoms with E-state index in [9.17, 15) is 10.0 Å². The Bertz CT molecular complexity index is 2290. The van der Waals surface area contributed by atoms with Gasteiger partial charge in [0.25, 0.3) is 0 Å². The second kappa shape index (κ2) is 16.0. The van der Waals surface area contributed by atoms with E-state index < -0.39 is 0 Å². The molecule has 0 amide bonds. The standard InChI is InChI=1S/C47H54N2O4/c1-9-11-16-33(10-2)29-49-41-22-21-34(44(48-51)37-19-14-15-20-42(37)53-24-23-47(6,7)52-8)27-38(41)39-28-40(35-17-12-13-18-36(35)45(39)49)46(50)43-31(4)25-30(3)26-32(43)5/h12-15,17-22,25-28,33,51H,9-11,16,23-24,29H2,1-8H3/b48-44+. The number of oxime groups is 1. The summed E-state index contributed by atoms with van der Waals surface area (Å²) in [5.74, 6) is 1.18. The molecule has 6 heteroatoms. The van der Waals surface area contributed by atoms with Crippen LogP contribution in [-0.4, -0.2) is 40.6 Å². The highest BCUT2D eigenvalue weighted by Crippen LogP contribution is 2.39. The van der Waals surface area contributed by atoms with Gasteiger partial charge in [-0.2, -0.15) is 0 Å². The van der Waals surface area contributed by atoms with Crippen molar-refractivity contribution in [2.45, 2.75) is 92.7 Å². The minimum absolute atomic E-state index is 0.0323. The first-order chi connectivity index (χ1) is 25.5. The molecule has 0 fully saturated rings. The summed E-state index contributed by atoms with van der Waals surface area (Å²) in [7, 11) is 1.71. The molecule has 0 aliphatic heterocycles.